The van der Waals surface area contributed by atoms with Crippen LogP contribution >= 0.6 is 0 Å². The summed E-state index contributed by atoms with van der Waals surface area (Å²) in [6.45, 7) is 0.240. The van der Waals surface area contributed by atoms with Gasteiger partial charge in [0.15, 0.2) is 0 Å². The minimum atomic E-state index is -0.202. The molecule has 0 bridgehead atoms. The van der Waals surface area contributed by atoms with Crippen molar-refractivity contribution in [1.82, 2.24) is 30.5 Å². The number of fused-ring (bicyclic) bond motifs is 1. The van der Waals surface area contributed by atoms with Crippen LogP contribution in [0.3, 0.4) is 0 Å². The van der Waals surface area contributed by atoms with Crippen molar-refractivity contribution in [1.29, 1.82) is 0 Å². The van der Waals surface area contributed by atoms with Gasteiger partial charge in [0.1, 0.15) is 5.82 Å². The van der Waals surface area contributed by atoms with Gasteiger partial charge in [-0.15, -0.1) is 5.10 Å². The molecule has 1 aromatic carbocycles. The van der Waals surface area contributed by atoms with E-state index in [4.69, 9.17) is 5.73 Å². The van der Waals surface area contributed by atoms with E-state index in [0.29, 0.717) is 11.4 Å². The molecule has 0 spiro atoms. The largest absolute Gasteiger partial charge is 0.367 e. The maximum Gasteiger partial charge on any atom is 0.251 e. The molecule has 0 atom stereocenters. The van der Waals surface area contributed by atoms with E-state index in [9.17, 15) is 4.79 Å². The molecule has 0 unspecified atom stereocenters. The lowest BCUT2D eigenvalue weighted by atomic mass is 10.2. The van der Waals surface area contributed by atoms with Gasteiger partial charge in [0.2, 0.25) is 5.95 Å². The highest BCUT2D eigenvalue weighted by atomic mass is 16.1. The van der Waals surface area contributed by atoms with Crippen LogP contribution in [0.15, 0.2) is 24.5 Å². The van der Waals surface area contributed by atoms with Gasteiger partial charge in [0.25, 0.3) is 5.91 Å². The van der Waals surface area contributed by atoms with E-state index >= 15 is 0 Å². The first-order valence-corrected chi connectivity index (χ1v) is 5.60. The van der Waals surface area contributed by atoms with Crippen LogP contribution in [0.4, 0.5) is 5.95 Å². The van der Waals surface area contributed by atoms with Gasteiger partial charge in [-0.1, -0.05) is 0 Å². The molecule has 19 heavy (non-hydrogen) atoms. The standard InChI is InChI=1S/C11H11N7O/c12-11-16-9(17-18-11)4-13-10(19)6-1-2-7-8(3-6)15-5-14-7/h1-3,5H,4H2,(H,13,19)(H,14,15)(H3,12,16,17,18). The Morgan fingerprint density at radius 3 is 3.11 bits per heavy atom. The number of nitrogens with two attached hydrogens (primary N) is 1. The molecule has 5 N–H and O–H groups in total. The Bertz CT molecular complexity index is 729. The first kappa shape index (κ1) is 11.2. The average Bonchev–Trinajstić information content (AvgIpc) is 3.03. The Morgan fingerprint density at radius 1 is 1.42 bits per heavy atom. The molecule has 0 fully saturated rings. The van der Waals surface area contributed by atoms with Gasteiger partial charge in [-0.3, -0.25) is 9.89 Å². The molecule has 0 aliphatic heterocycles. The van der Waals surface area contributed by atoms with Gasteiger partial charge in [-0.2, -0.15) is 4.98 Å². The number of aromatic nitrogens is 5. The number of hydrogen-bond donors (Lipinski definition) is 4. The molecule has 0 saturated carbocycles. The normalized spacial score (nSPS) is 10.7. The fourth-order valence-electron chi connectivity index (χ4n) is 1.73. The number of imidazole rings is 1. The van der Waals surface area contributed by atoms with Gasteiger partial charge in [0, 0.05) is 5.56 Å². The Labute approximate surface area is 107 Å². The summed E-state index contributed by atoms with van der Waals surface area (Å²) >= 11 is 0. The minimum Gasteiger partial charge on any atom is -0.367 e. The maximum atomic E-state index is 12.0. The van der Waals surface area contributed by atoms with E-state index in [1.54, 1.807) is 24.5 Å². The van der Waals surface area contributed by atoms with Gasteiger partial charge in [-0.25, -0.2) is 4.98 Å². The number of carbonyl (C=O) groups is 1. The number of carbonyl (C=O) groups excluding carboxylic acids is 1. The first-order chi connectivity index (χ1) is 9.22. The van der Waals surface area contributed by atoms with Crippen molar-refractivity contribution in [3.05, 3.63) is 35.9 Å². The van der Waals surface area contributed by atoms with Crippen LogP contribution in [0.1, 0.15) is 16.2 Å². The number of anilines is 1. The lowest BCUT2D eigenvalue weighted by molar-refractivity contribution is 0.0950. The molecule has 8 nitrogen and oxygen atoms in total. The van der Waals surface area contributed by atoms with Crippen LogP contribution in [0.5, 0.6) is 0 Å². The van der Waals surface area contributed by atoms with Gasteiger partial charge in [-0.05, 0) is 18.2 Å². The van der Waals surface area contributed by atoms with Crippen molar-refractivity contribution in [2.45, 2.75) is 6.54 Å². The third-order valence-electron chi connectivity index (χ3n) is 2.65. The Balaban J connectivity index is 1.72. The number of nitrogens with zero attached hydrogens (tertiary/aromatic N) is 3. The van der Waals surface area contributed by atoms with Crippen molar-refractivity contribution in [2.75, 3.05) is 5.73 Å². The zero-order valence-corrected chi connectivity index (χ0v) is 9.84. The smallest absolute Gasteiger partial charge is 0.251 e. The lowest BCUT2D eigenvalue weighted by Gasteiger charge is -2.02. The summed E-state index contributed by atoms with van der Waals surface area (Å²) in [5.74, 6) is 0.461. The maximum absolute atomic E-state index is 12.0. The predicted octanol–water partition coefficient (Wildman–Crippen LogP) is 0.193. The molecule has 8 heteroatoms. The van der Waals surface area contributed by atoms with Gasteiger partial charge >= 0.3 is 0 Å². The molecule has 3 aromatic rings. The van der Waals surface area contributed by atoms with E-state index in [1.807, 2.05) is 0 Å². The second kappa shape index (κ2) is 4.41. The quantitative estimate of drug-likeness (QED) is 0.533. The van der Waals surface area contributed by atoms with Crippen molar-refractivity contribution in [2.24, 2.45) is 0 Å². The van der Waals surface area contributed by atoms with Crippen LogP contribution in [-0.4, -0.2) is 31.1 Å². The zero-order valence-electron chi connectivity index (χ0n) is 9.84. The molecule has 96 valence electrons. The Kier molecular flexibility index (Phi) is 2.60. The van der Waals surface area contributed by atoms with E-state index in [0.717, 1.165) is 11.0 Å². The third kappa shape index (κ3) is 2.23. The number of H-pyrrole nitrogens is 2. The predicted molar refractivity (Wildman–Crippen MR) is 68.1 cm³/mol. The van der Waals surface area contributed by atoms with E-state index < -0.39 is 0 Å². The molecule has 0 aliphatic carbocycles. The molecular formula is C11H11N7O. The van der Waals surface area contributed by atoms with Crippen LogP contribution in [0.25, 0.3) is 11.0 Å². The summed E-state index contributed by atoms with van der Waals surface area (Å²) in [6.07, 6.45) is 1.59. The fourth-order valence-corrected chi connectivity index (χ4v) is 1.73. The Morgan fingerprint density at radius 2 is 2.32 bits per heavy atom. The highest BCUT2D eigenvalue weighted by Gasteiger charge is 2.08. The van der Waals surface area contributed by atoms with E-state index in [2.05, 4.69) is 30.5 Å². The number of benzene rings is 1. The summed E-state index contributed by atoms with van der Waals surface area (Å²) in [4.78, 5) is 22.9. The van der Waals surface area contributed by atoms with Crippen molar-refractivity contribution < 1.29 is 4.79 Å². The number of hydrogen-bond acceptors (Lipinski definition) is 5. The third-order valence-corrected chi connectivity index (χ3v) is 2.65. The second-order valence-corrected chi connectivity index (χ2v) is 3.96. The van der Waals surface area contributed by atoms with Crippen LogP contribution in [-0.2, 0) is 6.54 Å². The summed E-state index contributed by atoms with van der Waals surface area (Å²) in [5, 5.41) is 9.02. The Hall–Kier alpha value is -2.90. The average molecular weight is 257 g/mol. The van der Waals surface area contributed by atoms with Crippen LogP contribution < -0.4 is 11.1 Å². The first-order valence-electron chi connectivity index (χ1n) is 5.60. The SMILES string of the molecule is Nc1n[nH]c(CNC(=O)c2ccc3nc[nH]c3c2)n1. The number of amides is 1. The fraction of sp³-hybridized carbons (Fsp3) is 0.0909. The van der Waals surface area contributed by atoms with E-state index in [1.165, 1.54) is 0 Å². The molecule has 1 amide bonds. The molecule has 0 aliphatic rings. The molecule has 0 saturated heterocycles. The molecule has 2 aromatic heterocycles. The lowest BCUT2D eigenvalue weighted by Crippen LogP contribution is -2.23. The van der Waals surface area contributed by atoms with Gasteiger partial charge in [0.05, 0.1) is 23.9 Å². The number of nitrogen functional groups attached to an aromatic ring is 1. The summed E-state index contributed by atoms with van der Waals surface area (Å²) in [7, 11) is 0. The van der Waals surface area contributed by atoms with Crippen molar-refractivity contribution in [3.63, 3.8) is 0 Å². The summed E-state index contributed by atoms with van der Waals surface area (Å²) in [5.41, 5.74) is 7.55. The van der Waals surface area contributed by atoms with Crippen LogP contribution in [0, 0.1) is 0 Å². The summed E-state index contributed by atoms with van der Waals surface area (Å²) < 4.78 is 0. The summed E-state index contributed by atoms with van der Waals surface area (Å²) in [6, 6.07) is 5.24. The van der Waals surface area contributed by atoms with E-state index in [-0.39, 0.29) is 18.4 Å². The topological polar surface area (TPSA) is 125 Å². The number of rotatable bonds is 3. The van der Waals surface area contributed by atoms with Crippen molar-refractivity contribution in [3.8, 4) is 0 Å². The zero-order chi connectivity index (χ0) is 13.2. The number of nitrogens with one attached hydrogen (secondary N) is 3. The molecule has 2 heterocycles. The second-order valence-electron chi connectivity index (χ2n) is 3.96. The van der Waals surface area contributed by atoms with Crippen LogP contribution in [0.2, 0.25) is 0 Å². The number of aromatic amines is 2. The highest BCUT2D eigenvalue weighted by molar-refractivity contribution is 5.97. The van der Waals surface area contributed by atoms with Crippen molar-refractivity contribution >= 4 is 22.9 Å². The highest BCUT2D eigenvalue weighted by Crippen LogP contribution is 2.11. The molecule has 0 radical (unpaired) electrons. The molecular weight excluding hydrogens is 246 g/mol. The van der Waals surface area contributed by atoms with Gasteiger partial charge < -0.3 is 16.0 Å². The molecule has 3 rings (SSSR count). The monoisotopic (exact) mass is 257 g/mol. The minimum absolute atomic E-state index is 0.156.